The van der Waals surface area contributed by atoms with Crippen LogP contribution in [0.3, 0.4) is 0 Å². The second-order valence-electron chi connectivity index (χ2n) is 4.80. The molecule has 0 fully saturated rings. The van der Waals surface area contributed by atoms with Crippen molar-refractivity contribution in [2.24, 2.45) is 0 Å². The lowest BCUT2D eigenvalue weighted by Crippen LogP contribution is -2.53. The molecule has 0 saturated carbocycles. The van der Waals surface area contributed by atoms with Gasteiger partial charge in [0.05, 0.1) is 12.6 Å². The lowest BCUT2D eigenvalue weighted by molar-refractivity contribution is -0.129. The minimum absolute atomic E-state index is 0.152. The van der Waals surface area contributed by atoms with E-state index in [9.17, 15) is 19.5 Å². The quantitative estimate of drug-likeness (QED) is 0.173. The predicted octanol–water partition coefficient (Wildman–Crippen LogP) is -1.73. The molecule has 0 saturated heterocycles. The van der Waals surface area contributed by atoms with Crippen LogP contribution in [0.2, 0.25) is 0 Å². The Morgan fingerprint density at radius 1 is 1.09 bits per heavy atom. The Morgan fingerprint density at radius 2 is 1.74 bits per heavy atom. The van der Waals surface area contributed by atoms with Crippen LogP contribution in [0.1, 0.15) is 19.8 Å². The van der Waals surface area contributed by atoms with Gasteiger partial charge in [-0.1, -0.05) is 6.92 Å². The van der Waals surface area contributed by atoms with E-state index in [0.29, 0.717) is 18.6 Å². The van der Waals surface area contributed by atoms with E-state index in [2.05, 4.69) is 46.5 Å². The third-order valence-corrected chi connectivity index (χ3v) is 3.64. The van der Waals surface area contributed by atoms with Crippen molar-refractivity contribution >= 4 is 43.0 Å². The first-order chi connectivity index (χ1) is 10.9. The van der Waals surface area contributed by atoms with Crippen molar-refractivity contribution in [2.75, 3.05) is 25.1 Å². The number of thiol groups is 2. The molecule has 8 nitrogen and oxygen atoms in total. The molecule has 10 heteroatoms. The summed E-state index contributed by atoms with van der Waals surface area (Å²) in [4.78, 5) is 35.3. The zero-order chi connectivity index (χ0) is 17.8. The van der Waals surface area contributed by atoms with Gasteiger partial charge in [-0.15, -0.1) is 0 Å². The molecule has 0 aromatic rings. The van der Waals surface area contributed by atoms with Crippen molar-refractivity contribution < 1.29 is 19.5 Å². The lowest BCUT2D eigenvalue weighted by atomic mass is 10.2. The smallest absolute Gasteiger partial charge is 0.242 e. The van der Waals surface area contributed by atoms with E-state index in [-0.39, 0.29) is 18.2 Å². The van der Waals surface area contributed by atoms with Gasteiger partial charge in [-0.3, -0.25) is 19.7 Å². The molecule has 0 spiro atoms. The van der Waals surface area contributed by atoms with Gasteiger partial charge in [0.25, 0.3) is 0 Å². The Balaban J connectivity index is 4.42. The van der Waals surface area contributed by atoms with Crippen molar-refractivity contribution in [1.82, 2.24) is 21.3 Å². The van der Waals surface area contributed by atoms with E-state index >= 15 is 0 Å². The zero-order valence-electron chi connectivity index (χ0n) is 13.3. The maximum absolute atomic E-state index is 11.9. The molecule has 3 atom stereocenters. The number of likely N-dealkylation sites (N-methyl/N-ethyl adjacent to an activating group) is 1. The Hall–Kier alpha value is -0.970. The van der Waals surface area contributed by atoms with Gasteiger partial charge in [-0.2, -0.15) is 25.3 Å². The van der Waals surface area contributed by atoms with Crippen molar-refractivity contribution in [3.63, 3.8) is 0 Å². The molecule has 5 N–H and O–H groups in total. The van der Waals surface area contributed by atoms with Gasteiger partial charge in [0, 0.05) is 12.8 Å². The van der Waals surface area contributed by atoms with E-state index in [0.717, 1.165) is 0 Å². The number of aliphatic hydroxyl groups is 1. The minimum Gasteiger partial charge on any atom is -0.374 e. The highest BCUT2D eigenvalue weighted by molar-refractivity contribution is 7.80. The number of carbonyl (C=O) groups excluding carboxylic acids is 3. The van der Waals surface area contributed by atoms with Gasteiger partial charge >= 0.3 is 0 Å². The number of nitrogens with one attached hydrogen (secondary N) is 4. The monoisotopic (exact) mass is 366 g/mol. The molecular formula is C13H26N4O4S2. The summed E-state index contributed by atoms with van der Waals surface area (Å²) in [6.07, 6.45) is -0.162. The Labute approximate surface area is 147 Å². The van der Waals surface area contributed by atoms with Crippen LogP contribution in [0.25, 0.3) is 0 Å². The molecule has 23 heavy (non-hydrogen) atoms. The lowest BCUT2D eigenvalue weighted by Gasteiger charge is -2.20. The van der Waals surface area contributed by atoms with E-state index in [4.69, 9.17) is 0 Å². The summed E-state index contributed by atoms with van der Waals surface area (Å²) in [5.41, 5.74) is 0. The molecule has 0 aliphatic carbocycles. The molecule has 134 valence electrons. The number of carbonyl (C=O) groups is 3. The summed E-state index contributed by atoms with van der Waals surface area (Å²) < 4.78 is 0. The fourth-order valence-electron chi connectivity index (χ4n) is 1.64. The van der Waals surface area contributed by atoms with Gasteiger partial charge in [-0.25, -0.2) is 0 Å². The number of rotatable bonds is 11. The molecule has 3 amide bonds. The van der Waals surface area contributed by atoms with Crippen molar-refractivity contribution in [3.05, 3.63) is 0 Å². The highest BCUT2D eigenvalue weighted by Crippen LogP contribution is 1.96. The topological polar surface area (TPSA) is 120 Å². The van der Waals surface area contributed by atoms with Gasteiger partial charge in [-0.05, 0) is 18.6 Å². The van der Waals surface area contributed by atoms with Crippen LogP contribution in [0, 0.1) is 0 Å². The van der Waals surface area contributed by atoms with Crippen LogP contribution in [0.15, 0.2) is 0 Å². The molecule has 0 rings (SSSR count). The molecule has 0 bridgehead atoms. The molecule has 0 aliphatic heterocycles. The van der Waals surface area contributed by atoms with E-state index in [1.54, 1.807) is 6.92 Å². The minimum atomic E-state index is -0.937. The molecule has 0 aromatic heterocycles. The average Bonchev–Trinajstić information content (AvgIpc) is 2.53. The highest BCUT2D eigenvalue weighted by Gasteiger charge is 2.22. The normalized spacial score (nSPS) is 14.5. The molecule has 0 radical (unpaired) electrons. The summed E-state index contributed by atoms with van der Waals surface area (Å²) in [7, 11) is 1.48. The summed E-state index contributed by atoms with van der Waals surface area (Å²) >= 11 is 8.10. The number of aliphatic hydroxyl groups excluding tert-OH is 1. The molecule has 3 unspecified atom stereocenters. The molecule has 0 aromatic carbocycles. The maximum atomic E-state index is 11.9. The first-order valence-electron chi connectivity index (χ1n) is 7.34. The van der Waals surface area contributed by atoms with Gasteiger partial charge in [0.2, 0.25) is 17.7 Å². The first kappa shape index (κ1) is 22.0. The van der Waals surface area contributed by atoms with Crippen LogP contribution in [0.5, 0.6) is 0 Å². The van der Waals surface area contributed by atoms with Crippen LogP contribution in [-0.2, 0) is 14.4 Å². The summed E-state index contributed by atoms with van der Waals surface area (Å²) in [6.45, 7) is 1.57. The Morgan fingerprint density at radius 3 is 2.22 bits per heavy atom. The number of amides is 3. The van der Waals surface area contributed by atoms with Gasteiger partial charge in [0.15, 0.2) is 0 Å². The SMILES string of the molecule is CCC(O)NC(=O)C(CS)NCC(=O)NC(CCS)C(=O)NC. The number of hydrogen-bond donors (Lipinski definition) is 7. The molecule has 0 heterocycles. The van der Waals surface area contributed by atoms with Gasteiger partial charge < -0.3 is 21.1 Å². The standard InChI is InChI=1S/C13H26N4O4S2/c1-3-10(18)17-13(21)9(7-23)15-6-11(19)16-8(4-5-22)12(20)14-2/h8-10,15,18,22-23H,3-7H2,1-2H3,(H,14,20)(H,16,19)(H,17,21). The Bertz CT molecular complexity index is 398. The Kier molecular flexibility index (Phi) is 11.9. The van der Waals surface area contributed by atoms with Crippen LogP contribution < -0.4 is 21.3 Å². The van der Waals surface area contributed by atoms with Crippen molar-refractivity contribution in [2.45, 2.75) is 38.1 Å². The maximum Gasteiger partial charge on any atom is 0.242 e. The van der Waals surface area contributed by atoms with E-state index < -0.39 is 30.1 Å². The van der Waals surface area contributed by atoms with Crippen LogP contribution in [-0.4, -0.2) is 66.2 Å². The summed E-state index contributed by atoms with van der Waals surface area (Å²) in [5, 5.41) is 19.6. The molecule has 0 aliphatic rings. The van der Waals surface area contributed by atoms with Crippen molar-refractivity contribution in [1.29, 1.82) is 0 Å². The van der Waals surface area contributed by atoms with Crippen LogP contribution >= 0.6 is 25.3 Å². The van der Waals surface area contributed by atoms with Crippen molar-refractivity contribution in [3.8, 4) is 0 Å². The highest BCUT2D eigenvalue weighted by atomic mass is 32.1. The fraction of sp³-hybridized carbons (Fsp3) is 0.769. The predicted molar refractivity (Wildman–Crippen MR) is 94.6 cm³/mol. The molecular weight excluding hydrogens is 340 g/mol. The van der Waals surface area contributed by atoms with E-state index in [1.807, 2.05) is 0 Å². The largest absolute Gasteiger partial charge is 0.374 e. The second kappa shape index (κ2) is 12.5. The zero-order valence-corrected chi connectivity index (χ0v) is 15.1. The third-order valence-electron chi connectivity index (χ3n) is 3.02. The van der Waals surface area contributed by atoms with E-state index in [1.165, 1.54) is 7.05 Å². The fourth-order valence-corrected chi connectivity index (χ4v) is 2.19. The average molecular weight is 367 g/mol. The second-order valence-corrected chi connectivity index (χ2v) is 5.61. The number of hydrogen-bond acceptors (Lipinski definition) is 7. The third kappa shape index (κ3) is 9.04. The summed E-state index contributed by atoms with van der Waals surface area (Å²) in [6, 6.07) is -1.40. The summed E-state index contributed by atoms with van der Waals surface area (Å²) in [5.74, 6) is -0.564. The van der Waals surface area contributed by atoms with Gasteiger partial charge in [0.1, 0.15) is 12.3 Å². The van der Waals surface area contributed by atoms with Crippen LogP contribution in [0.4, 0.5) is 0 Å². The first-order valence-corrected chi connectivity index (χ1v) is 8.60.